The summed E-state index contributed by atoms with van der Waals surface area (Å²) in [6.45, 7) is 4.37. The van der Waals surface area contributed by atoms with Crippen LogP contribution < -0.4 is 5.32 Å². The average molecular weight is 214 g/mol. The van der Waals surface area contributed by atoms with Crippen LogP contribution in [0.25, 0.3) is 0 Å². The second-order valence-electron chi connectivity index (χ2n) is 3.66. The van der Waals surface area contributed by atoms with Crippen LogP contribution in [0.1, 0.15) is 19.4 Å². The summed E-state index contributed by atoms with van der Waals surface area (Å²) in [5.41, 5.74) is 0.717. The highest BCUT2D eigenvalue weighted by atomic mass is 35.5. The molecule has 0 spiro atoms. The van der Waals surface area contributed by atoms with Crippen LogP contribution in [0.2, 0.25) is 0 Å². The Morgan fingerprint density at radius 2 is 1.93 bits per heavy atom. The third kappa shape index (κ3) is 3.29. The third-order valence-corrected chi connectivity index (χ3v) is 2.31. The predicted octanol–water partition coefficient (Wildman–Crippen LogP) is 2.07. The maximum Gasteiger partial charge on any atom is 0.176 e. The highest BCUT2D eigenvalue weighted by molar-refractivity contribution is 6.23. The Morgan fingerprint density at radius 1 is 1.36 bits per heavy atom. The number of aliphatic hydroxyl groups is 1. The molecule has 14 heavy (non-hydrogen) atoms. The van der Waals surface area contributed by atoms with Gasteiger partial charge in [-0.3, -0.25) is 0 Å². The lowest BCUT2D eigenvalue weighted by Crippen LogP contribution is -2.36. The van der Waals surface area contributed by atoms with E-state index in [0.29, 0.717) is 12.6 Å². The minimum Gasteiger partial charge on any atom is -0.370 e. The molecule has 0 radical (unpaired) electrons. The summed E-state index contributed by atoms with van der Waals surface area (Å²) < 4.78 is 0. The predicted molar refractivity (Wildman–Crippen MR) is 59.3 cm³/mol. The van der Waals surface area contributed by atoms with Gasteiger partial charge in [-0.2, -0.15) is 0 Å². The van der Waals surface area contributed by atoms with Gasteiger partial charge >= 0.3 is 0 Å². The fourth-order valence-corrected chi connectivity index (χ4v) is 1.34. The summed E-state index contributed by atoms with van der Waals surface area (Å²) >= 11 is 6.00. The lowest BCUT2D eigenvalue weighted by molar-refractivity contribution is 0.124. The van der Waals surface area contributed by atoms with E-state index in [0.717, 1.165) is 5.56 Å². The largest absolute Gasteiger partial charge is 0.370 e. The maximum absolute atomic E-state index is 9.94. The van der Waals surface area contributed by atoms with Crippen molar-refractivity contribution < 1.29 is 5.11 Å². The van der Waals surface area contributed by atoms with Gasteiger partial charge in [0.25, 0.3) is 0 Å². The Hall–Kier alpha value is -0.570. The van der Waals surface area contributed by atoms with Gasteiger partial charge in [0.2, 0.25) is 0 Å². The van der Waals surface area contributed by atoms with Crippen molar-refractivity contribution in [2.24, 2.45) is 0 Å². The fraction of sp³-hybridized carbons (Fsp3) is 0.455. The molecule has 0 saturated carbocycles. The van der Waals surface area contributed by atoms with Crippen LogP contribution in [0, 0.1) is 0 Å². The lowest BCUT2D eigenvalue weighted by Gasteiger charge is -2.23. The molecule has 78 valence electrons. The van der Waals surface area contributed by atoms with E-state index in [9.17, 15) is 5.11 Å². The Bertz CT molecular complexity index is 272. The number of hydrogen-bond donors (Lipinski definition) is 2. The number of halogens is 1. The molecule has 0 heterocycles. The first-order valence-corrected chi connectivity index (χ1v) is 5.10. The fourth-order valence-electron chi connectivity index (χ4n) is 1.13. The normalized spacial score (nSPS) is 15.5. The summed E-state index contributed by atoms with van der Waals surface area (Å²) in [6.07, 6.45) is 0. The van der Waals surface area contributed by atoms with Gasteiger partial charge in [0.05, 0.1) is 0 Å². The van der Waals surface area contributed by atoms with E-state index in [1.165, 1.54) is 0 Å². The highest BCUT2D eigenvalue weighted by Crippen LogP contribution is 2.24. The molecule has 0 aliphatic carbocycles. The molecule has 1 unspecified atom stereocenters. The number of hydrogen-bond acceptors (Lipinski definition) is 2. The van der Waals surface area contributed by atoms with Gasteiger partial charge in [0.15, 0.2) is 5.06 Å². The zero-order chi connectivity index (χ0) is 10.6. The molecule has 0 fully saturated rings. The van der Waals surface area contributed by atoms with Crippen molar-refractivity contribution in [3.63, 3.8) is 0 Å². The zero-order valence-corrected chi connectivity index (χ0v) is 9.25. The molecular weight excluding hydrogens is 198 g/mol. The van der Waals surface area contributed by atoms with Gasteiger partial charge in [-0.1, -0.05) is 55.8 Å². The second-order valence-corrected chi connectivity index (χ2v) is 4.29. The number of alkyl halides is 1. The molecule has 0 bridgehead atoms. The standard InChI is InChI=1S/C11H16ClNO/c1-9(2)13-8-11(12,14)10-6-4-3-5-7-10/h3-7,9,13-14H,8H2,1-2H3. The van der Waals surface area contributed by atoms with Gasteiger partial charge in [-0.15, -0.1) is 0 Å². The molecule has 2 N–H and O–H groups in total. The average Bonchev–Trinajstić information content (AvgIpc) is 2.16. The minimum atomic E-state index is -1.31. The SMILES string of the molecule is CC(C)NCC(O)(Cl)c1ccccc1. The van der Waals surface area contributed by atoms with Gasteiger partial charge in [0.1, 0.15) is 0 Å². The van der Waals surface area contributed by atoms with Crippen LogP contribution in [0.15, 0.2) is 30.3 Å². The molecule has 0 saturated heterocycles. The first-order valence-electron chi connectivity index (χ1n) is 4.72. The van der Waals surface area contributed by atoms with Gasteiger partial charge in [-0.05, 0) is 0 Å². The topological polar surface area (TPSA) is 32.3 Å². The lowest BCUT2D eigenvalue weighted by atomic mass is 10.1. The quantitative estimate of drug-likeness (QED) is 0.751. The van der Waals surface area contributed by atoms with Gasteiger partial charge in [0, 0.05) is 18.2 Å². The second kappa shape index (κ2) is 4.78. The van der Waals surface area contributed by atoms with Crippen molar-refractivity contribution in [3.8, 4) is 0 Å². The Labute approximate surface area is 89.9 Å². The molecule has 1 atom stereocenters. The molecule has 0 aliphatic heterocycles. The summed E-state index contributed by atoms with van der Waals surface area (Å²) in [5.74, 6) is 0. The molecular formula is C11H16ClNO. The third-order valence-electron chi connectivity index (χ3n) is 1.96. The van der Waals surface area contributed by atoms with Crippen LogP contribution in [-0.4, -0.2) is 17.7 Å². The Balaban J connectivity index is 2.66. The van der Waals surface area contributed by atoms with E-state index in [-0.39, 0.29) is 0 Å². The van der Waals surface area contributed by atoms with Crippen LogP contribution in [-0.2, 0) is 5.06 Å². The van der Waals surface area contributed by atoms with E-state index in [4.69, 9.17) is 11.6 Å². The molecule has 0 amide bonds. The van der Waals surface area contributed by atoms with E-state index in [1.807, 2.05) is 44.2 Å². The van der Waals surface area contributed by atoms with Crippen LogP contribution in [0.5, 0.6) is 0 Å². The smallest absolute Gasteiger partial charge is 0.176 e. The Morgan fingerprint density at radius 3 is 2.43 bits per heavy atom. The van der Waals surface area contributed by atoms with Crippen molar-refractivity contribution >= 4 is 11.6 Å². The van der Waals surface area contributed by atoms with Gasteiger partial charge < -0.3 is 10.4 Å². The number of benzene rings is 1. The van der Waals surface area contributed by atoms with E-state index in [2.05, 4.69) is 5.32 Å². The van der Waals surface area contributed by atoms with Crippen LogP contribution in [0.3, 0.4) is 0 Å². The van der Waals surface area contributed by atoms with E-state index < -0.39 is 5.06 Å². The first kappa shape index (κ1) is 11.5. The number of rotatable bonds is 4. The summed E-state index contributed by atoms with van der Waals surface area (Å²) in [4.78, 5) is 0. The molecule has 0 aliphatic rings. The Kier molecular flexibility index (Phi) is 3.93. The van der Waals surface area contributed by atoms with E-state index in [1.54, 1.807) is 0 Å². The van der Waals surface area contributed by atoms with Crippen LogP contribution >= 0.6 is 11.6 Å². The summed E-state index contributed by atoms with van der Waals surface area (Å²) in [6, 6.07) is 9.55. The first-order chi connectivity index (χ1) is 6.52. The van der Waals surface area contributed by atoms with Crippen molar-refractivity contribution in [1.29, 1.82) is 0 Å². The van der Waals surface area contributed by atoms with Gasteiger partial charge in [-0.25, -0.2) is 0 Å². The van der Waals surface area contributed by atoms with Crippen molar-refractivity contribution in [3.05, 3.63) is 35.9 Å². The number of nitrogens with one attached hydrogen (secondary N) is 1. The molecule has 1 rings (SSSR count). The molecule has 3 heteroatoms. The van der Waals surface area contributed by atoms with E-state index >= 15 is 0 Å². The minimum absolute atomic E-state index is 0.309. The van der Waals surface area contributed by atoms with Crippen molar-refractivity contribution in [1.82, 2.24) is 5.32 Å². The zero-order valence-electron chi connectivity index (χ0n) is 8.50. The van der Waals surface area contributed by atoms with Crippen LogP contribution in [0.4, 0.5) is 0 Å². The summed E-state index contributed by atoms with van der Waals surface area (Å²) in [7, 11) is 0. The molecule has 1 aromatic rings. The highest BCUT2D eigenvalue weighted by Gasteiger charge is 2.25. The maximum atomic E-state index is 9.94. The van der Waals surface area contributed by atoms with Crippen molar-refractivity contribution in [2.45, 2.75) is 24.9 Å². The molecule has 1 aromatic carbocycles. The summed E-state index contributed by atoms with van der Waals surface area (Å²) in [5, 5.41) is 11.7. The molecule has 0 aromatic heterocycles. The van der Waals surface area contributed by atoms with Crippen molar-refractivity contribution in [2.75, 3.05) is 6.54 Å². The molecule has 2 nitrogen and oxygen atoms in total. The monoisotopic (exact) mass is 213 g/mol.